The summed E-state index contributed by atoms with van der Waals surface area (Å²) in [6.07, 6.45) is 8.17. The molecule has 174 valence electrons. The van der Waals surface area contributed by atoms with Gasteiger partial charge in [-0.15, -0.1) is 0 Å². The number of methoxy groups -OCH3 is 1. The highest BCUT2D eigenvalue weighted by Crippen LogP contribution is 2.20. The van der Waals surface area contributed by atoms with Crippen LogP contribution in [0.3, 0.4) is 0 Å². The molecular formula is C28H27NO5. The van der Waals surface area contributed by atoms with Crippen molar-refractivity contribution in [3.63, 3.8) is 0 Å². The van der Waals surface area contributed by atoms with Crippen molar-refractivity contribution in [2.75, 3.05) is 13.7 Å². The zero-order valence-electron chi connectivity index (χ0n) is 19.0. The number of aryl methyl sites for hydroxylation is 1. The fourth-order valence-corrected chi connectivity index (χ4v) is 3.23. The number of rotatable bonds is 12. The first-order valence-electron chi connectivity index (χ1n) is 11.0. The van der Waals surface area contributed by atoms with Crippen LogP contribution in [0.4, 0.5) is 0 Å². The van der Waals surface area contributed by atoms with E-state index in [4.69, 9.17) is 14.6 Å². The van der Waals surface area contributed by atoms with Crippen LogP contribution in [0.5, 0.6) is 11.5 Å². The smallest absolute Gasteiger partial charge is 0.328 e. The Morgan fingerprint density at radius 1 is 0.912 bits per heavy atom. The number of carboxylic acid groups (broad SMARTS) is 1. The second-order valence-electron chi connectivity index (χ2n) is 7.51. The van der Waals surface area contributed by atoms with Gasteiger partial charge in [-0.1, -0.05) is 42.5 Å². The molecule has 0 spiro atoms. The molecule has 1 heterocycles. The summed E-state index contributed by atoms with van der Waals surface area (Å²) in [6.45, 7) is 0.480. The van der Waals surface area contributed by atoms with Gasteiger partial charge in [-0.2, -0.15) is 0 Å². The number of carbonyl (C=O) groups excluding carboxylic acids is 1. The Morgan fingerprint density at radius 2 is 1.68 bits per heavy atom. The van der Waals surface area contributed by atoms with Crippen molar-refractivity contribution >= 4 is 23.9 Å². The van der Waals surface area contributed by atoms with Gasteiger partial charge in [0.2, 0.25) is 0 Å². The molecule has 3 rings (SSSR count). The molecule has 6 heteroatoms. The number of ether oxygens (including phenoxy) is 2. The fraction of sp³-hybridized carbons (Fsp3) is 0.179. The Kier molecular flexibility index (Phi) is 9.17. The van der Waals surface area contributed by atoms with E-state index < -0.39 is 5.97 Å². The van der Waals surface area contributed by atoms with Gasteiger partial charge in [-0.3, -0.25) is 4.79 Å². The third-order valence-electron chi connectivity index (χ3n) is 5.03. The molecule has 0 unspecified atom stereocenters. The van der Waals surface area contributed by atoms with Gasteiger partial charge in [0.25, 0.3) is 0 Å². The summed E-state index contributed by atoms with van der Waals surface area (Å²) in [7, 11) is 1.65. The molecule has 6 nitrogen and oxygen atoms in total. The second kappa shape index (κ2) is 12.7. The lowest BCUT2D eigenvalue weighted by Crippen LogP contribution is -2.02. The average molecular weight is 458 g/mol. The molecule has 0 radical (unpaired) electrons. The van der Waals surface area contributed by atoms with Crippen molar-refractivity contribution in [3.8, 4) is 11.5 Å². The summed E-state index contributed by atoms with van der Waals surface area (Å²) in [6, 6.07) is 20.4. The molecule has 1 N–H and O–H groups in total. The van der Waals surface area contributed by atoms with Crippen LogP contribution in [0.25, 0.3) is 12.2 Å². The van der Waals surface area contributed by atoms with Crippen molar-refractivity contribution in [2.24, 2.45) is 0 Å². The molecule has 0 fully saturated rings. The number of carboxylic acids is 1. The number of pyridine rings is 1. The highest BCUT2D eigenvalue weighted by atomic mass is 16.5. The number of allylic oxidation sites excluding steroid dienone is 1. The summed E-state index contributed by atoms with van der Waals surface area (Å²) >= 11 is 0. The van der Waals surface area contributed by atoms with Crippen LogP contribution in [0.15, 0.2) is 78.9 Å². The Hall–Kier alpha value is -4.19. The highest BCUT2D eigenvalue weighted by molar-refractivity contribution is 6.06. The molecule has 0 saturated carbocycles. The van der Waals surface area contributed by atoms with E-state index in [2.05, 4.69) is 4.98 Å². The van der Waals surface area contributed by atoms with Crippen molar-refractivity contribution in [1.82, 2.24) is 4.98 Å². The van der Waals surface area contributed by atoms with Gasteiger partial charge in [0.05, 0.1) is 19.4 Å². The SMILES string of the molecule is COc1ccc(CCCCOc2ccc(C=CC(=O)c3ccccc3)nc2C=CC(=O)O)cc1. The summed E-state index contributed by atoms with van der Waals surface area (Å²) in [5.41, 5.74) is 2.74. The van der Waals surface area contributed by atoms with Crippen LogP contribution in [0, 0.1) is 0 Å². The quantitative estimate of drug-likeness (QED) is 0.220. The lowest BCUT2D eigenvalue weighted by molar-refractivity contribution is -0.131. The van der Waals surface area contributed by atoms with Crippen LogP contribution >= 0.6 is 0 Å². The molecule has 0 aliphatic heterocycles. The van der Waals surface area contributed by atoms with E-state index in [1.165, 1.54) is 17.7 Å². The van der Waals surface area contributed by atoms with E-state index in [9.17, 15) is 9.59 Å². The number of nitrogens with zero attached hydrogens (tertiary/aromatic N) is 1. The first-order valence-corrected chi connectivity index (χ1v) is 11.0. The minimum absolute atomic E-state index is 0.137. The highest BCUT2D eigenvalue weighted by Gasteiger charge is 2.06. The number of aliphatic carboxylic acids is 1. The fourth-order valence-electron chi connectivity index (χ4n) is 3.23. The zero-order valence-corrected chi connectivity index (χ0v) is 19.0. The van der Waals surface area contributed by atoms with Gasteiger partial charge in [-0.05, 0) is 67.3 Å². The van der Waals surface area contributed by atoms with Crippen molar-refractivity contribution < 1.29 is 24.2 Å². The third-order valence-corrected chi connectivity index (χ3v) is 5.03. The number of benzene rings is 2. The van der Waals surface area contributed by atoms with E-state index >= 15 is 0 Å². The lowest BCUT2D eigenvalue weighted by atomic mass is 10.1. The van der Waals surface area contributed by atoms with Crippen LogP contribution < -0.4 is 9.47 Å². The molecule has 2 aromatic carbocycles. The summed E-state index contributed by atoms with van der Waals surface area (Å²) in [4.78, 5) is 27.7. The van der Waals surface area contributed by atoms with E-state index in [-0.39, 0.29) is 5.78 Å². The topological polar surface area (TPSA) is 85.7 Å². The number of aromatic nitrogens is 1. The van der Waals surface area contributed by atoms with Gasteiger partial charge >= 0.3 is 5.97 Å². The molecule has 0 aliphatic rings. The average Bonchev–Trinajstić information content (AvgIpc) is 2.87. The predicted octanol–water partition coefficient (Wildman–Crippen LogP) is 5.49. The summed E-state index contributed by atoms with van der Waals surface area (Å²) < 4.78 is 11.0. The number of hydrogen-bond donors (Lipinski definition) is 1. The number of unbranched alkanes of at least 4 members (excludes halogenated alkanes) is 1. The maximum absolute atomic E-state index is 12.3. The van der Waals surface area contributed by atoms with Crippen molar-refractivity contribution in [2.45, 2.75) is 19.3 Å². The molecule has 0 bridgehead atoms. The number of ketones is 1. The van der Waals surface area contributed by atoms with E-state index in [0.717, 1.165) is 31.1 Å². The predicted molar refractivity (Wildman–Crippen MR) is 132 cm³/mol. The van der Waals surface area contributed by atoms with E-state index in [0.29, 0.717) is 29.3 Å². The molecule has 1 aromatic heterocycles. The lowest BCUT2D eigenvalue weighted by Gasteiger charge is -2.10. The van der Waals surface area contributed by atoms with E-state index in [1.54, 1.807) is 49.6 Å². The Balaban J connectivity index is 1.60. The molecule has 0 amide bonds. The zero-order chi connectivity index (χ0) is 24.2. The molecule has 0 atom stereocenters. The minimum Gasteiger partial charge on any atom is -0.497 e. The largest absolute Gasteiger partial charge is 0.497 e. The number of carbonyl (C=O) groups is 2. The maximum Gasteiger partial charge on any atom is 0.328 e. The monoisotopic (exact) mass is 457 g/mol. The normalized spacial score (nSPS) is 11.1. The van der Waals surface area contributed by atoms with Gasteiger partial charge < -0.3 is 14.6 Å². The van der Waals surface area contributed by atoms with Crippen LogP contribution in [-0.2, 0) is 11.2 Å². The van der Waals surface area contributed by atoms with Crippen molar-refractivity contribution in [3.05, 3.63) is 101 Å². The second-order valence-corrected chi connectivity index (χ2v) is 7.51. The standard InChI is InChI=1S/C28H27NO5/c1-33-24-14-10-21(11-15-24)7-5-6-20-34-27-18-13-23(29-25(27)16-19-28(31)32)12-17-26(30)22-8-3-2-4-9-22/h2-4,8-19H,5-7,20H2,1H3,(H,31,32). The van der Waals surface area contributed by atoms with Crippen LogP contribution in [0.2, 0.25) is 0 Å². The number of hydrogen-bond acceptors (Lipinski definition) is 5. The molecule has 0 saturated heterocycles. The third kappa shape index (κ3) is 7.74. The van der Waals surface area contributed by atoms with Crippen molar-refractivity contribution in [1.29, 1.82) is 0 Å². The minimum atomic E-state index is -1.08. The van der Waals surface area contributed by atoms with Crippen LogP contribution in [-0.4, -0.2) is 35.6 Å². The van der Waals surface area contributed by atoms with Gasteiger partial charge in [0, 0.05) is 11.6 Å². The molecule has 3 aromatic rings. The maximum atomic E-state index is 12.3. The summed E-state index contributed by atoms with van der Waals surface area (Å²) in [5.74, 6) is 0.118. The molecule has 0 aliphatic carbocycles. The molecule has 34 heavy (non-hydrogen) atoms. The Labute approximate surface area is 199 Å². The first kappa shape index (κ1) is 24.5. The van der Waals surface area contributed by atoms with E-state index in [1.807, 2.05) is 30.3 Å². The Bertz CT molecular complexity index is 1150. The molecular weight excluding hydrogens is 430 g/mol. The van der Waals surface area contributed by atoms with Gasteiger partial charge in [0.15, 0.2) is 5.78 Å². The summed E-state index contributed by atoms with van der Waals surface area (Å²) in [5, 5.41) is 9.00. The Morgan fingerprint density at radius 3 is 2.38 bits per heavy atom. The van der Waals surface area contributed by atoms with Gasteiger partial charge in [0.1, 0.15) is 17.2 Å². The first-order chi connectivity index (χ1) is 16.5. The van der Waals surface area contributed by atoms with Crippen LogP contribution in [0.1, 0.15) is 40.2 Å². The van der Waals surface area contributed by atoms with Gasteiger partial charge in [-0.25, -0.2) is 9.78 Å².